The predicted octanol–water partition coefficient (Wildman–Crippen LogP) is 5.58. The molecule has 1 aliphatic heterocycles. The third kappa shape index (κ3) is 3.82. The number of rotatable bonds is 3. The SMILES string of the molecule is Cc1nn2c(C(C)C)c(C(=O)N3CCn4cc(C(F)(F)F)nc4C3)ccc2c1-c1c(F)cccc1F. The molecule has 0 atom stereocenters. The van der Waals surface area contributed by atoms with Crippen LogP contribution in [0.2, 0.25) is 0 Å². The van der Waals surface area contributed by atoms with Gasteiger partial charge in [-0.1, -0.05) is 19.9 Å². The molecule has 0 saturated carbocycles. The molecule has 11 heteroatoms. The third-order valence-electron chi connectivity index (χ3n) is 6.38. The second-order valence-corrected chi connectivity index (χ2v) is 9.10. The van der Waals surface area contributed by atoms with E-state index in [0.29, 0.717) is 28.0 Å². The van der Waals surface area contributed by atoms with Gasteiger partial charge in [0.25, 0.3) is 5.91 Å². The van der Waals surface area contributed by atoms with E-state index in [-0.39, 0.29) is 42.8 Å². The van der Waals surface area contributed by atoms with Gasteiger partial charge in [-0.25, -0.2) is 18.3 Å². The fraction of sp³-hybridized carbons (Fsp3) is 0.320. The van der Waals surface area contributed by atoms with Crippen molar-refractivity contribution in [2.24, 2.45) is 0 Å². The Hall–Kier alpha value is -3.76. The summed E-state index contributed by atoms with van der Waals surface area (Å²) in [5.74, 6) is -1.87. The van der Waals surface area contributed by atoms with Crippen LogP contribution in [0.15, 0.2) is 36.5 Å². The molecule has 188 valence electrons. The Labute approximate surface area is 203 Å². The van der Waals surface area contributed by atoms with Crippen molar-refractivity contribution in [3.05, 3.63) is 76.6 Å². The van der Waals surface area contributed by atoms with E-state index in [1.807, 2.05) is 13.8 Å². The van der Waals surface area contributed by atoms with Crippen LogP contribution in [0.25, 0.3) is 16.6 Å². The Morgan fingerprint density at radius 3 is 2.36 bits per heavy atom. The summed E-state index contributed by atoms with van der Waals surface area (Å²) in [5.41, 5.74) is 0.806. The lowest BCUT2D eigenvalue weighted by atomic mass is 9.99. The molecule has 3 aromatic heterocycles. The smallest absolute Gasteiger partial charge is 0.331 e. The molecule has 1 aliphatic rings. The fourth-order valence-electron chi connectivity index (χ4n) is 4.76. The molecular weight excluding hydrogens is 481 g/mol. The summed E-state index contributed by atoms with van der Waals surface area (Å²) in [6.07, 6.45) is -3.61. The highest BCUT2D eigenvalue weighted by Gasteiger charge is 2.36. The van der Waals surface area contributed by atoms with Crippen LogP contribution in [0.4, 0.5) is 22.0 Å². The number of benzene rings is 1. The van der Waals surface area contributed by atoms with E-state index in [9.17, 15) is 26.7 Å². The quantitative estimate of drug-likeness (QED) is 0.343. The zero-order valence-electron chi connectivity index (χ0n) is 19.7. The first-order valence-corrected chi connectivity index (χ1v) is 11.4. The van der Waals surface area contributed by atoms with Crippen LogP contribution in [-0.4, -0.2) is 36.5 Å². The summed E-state index contributed by atoms with van der Waals surface area (Å²) in [7, 11) is 0. The highest BCUT2D eigenvalue weighted by molar-refractivity contribution is 5.97. The molecule has 0 unspecified atom stereocenters. The van der Waals surface area contributed by atoms with Crippen molar-refractivity contribution in [3.63, 3.8) is 0 Å². The summed E-state index contributed by atoms with van der Waals surface area (Å²) in [5, 5.41) is 4.52. The summed E-state index contributed by atoms with van der Waals surface area (Å²) in [6, 6.07) is 6.80. The van der Waals surface area contributed by atoms with E-state index in [1.54, 1.807) is 19.1 Å². The molecule has 0 saturated heterocycles. The van der Waals surface area contributed by atoms with Crippen molar-refractivity contribution in [2.75, 3.05) is 6.54 Å². The van der Waals surface area contributed by atoms with Crippen molar-refractivity contribution < 1.29 is 26.7 Å². The van der Waals surface area contributed by atoms with Gasteiger partial charge in [-0.3, -0.25) is 4.79 Å². The molecule has 6 nitrogen and oxygen atoms in total. The van der Waals surface area contributed by atoms with Crippen LogP contribution in [0, 0.1) is 18.6 Å². The van der Waals surface area contributed by atoms with Gasteiger partial charge in [0, 0.05) is 24.8 Å². The molecule has 4 heterocycles. The Kier molecular flexibility index (Phi) is 5.60. The average Bonchev–Trinajstić information content (AvgIpc) is 3.38. The van der Waals surface area contributed by atoms with Crippen molar-refractivity contribution in [3.8, 4) is 11.1 Å². The Bertz CT molecular complexity index is 1480. The number of imidazole rings is 1. The number of amides is 1. The van der Waals surface area contributed by atoms with Crippen molar-refractivity contribution in [2.45, 2.75) is 46.0 Å². The zero-order chi connectivity index (χ0) is 25.9. The van der Waals surface area contributed by atoms with Crippen LogP contribution in [0.3, 0.4) is 0 Å². The third-order valence-corrected chi connectivity index (χ3v) is 6.38. The number of aromatic nitrogens is 4. The maximum absolute atomic E-state index is 14.6. The number of carbonyl (C=O) groups is 1. The van der Waals surface area contributed by atoms with Crippen LogP contribution in [0.1, 0.15) is 53.0 Å². The lowest BCUT2D eigenvalue weighted by molar-refractivity contribution is -0.141. The number of aryl methyl sites for hydroxylation is 1. The predicted molar refractivity (Wildman–Crippen MR) is 121 cm³/mol. The van der Waals surface area contributed by atoms with Gasteiger partial charge in [0.2, 0.25) is 0 Å². The largest absolute Gasteiger partial charge is 0.434 e. The molecule has 1 amide bonds. The van der Waals surface area contributed by atoms with Gasteiger partial charge in [0.05, 0.1) is 34.6 Å². The van der Waals surface area contributed by atoms with E-state index in [0.717, 1.165) is 6.20 Å². The molecule has 36 heavy (non-hydrogen) atoms. The van der Waals surface area contributed by atoms with Gasteiger partial charge in [0.15, 0.2) is 5.69 Å². The number of carbonyl (C=O) groups excluding carboxylic acids is 1. The monoisotopic (exact) mass is 503 g/mol. The molecule has 0 aliphatic carbocycles. The van der Waals surface area contributed by atoms with Gasteiger partial charge in [-0.05, 0) is 37.1 Å². The van der Waals surface area contributed by atoms with E-state index in [1.165, 1.54) is 32.2 Å². The van der Waals surface area contributed by atoms with E-state index in [2.05, 4.69) is 10.1 Å². The fourth-order valence-corrected chi connectivity index (χ4v) is 4.76. The minimum Gasteiger partial charge on any atom is -0.331 e. The second-order valence-electron chi connectivity index (χ2n) is 9.10. The number of alkyl halides is 3. The highest BCUT2D eigenvalue weighted by atomic mass is 19.4. The Morgan fingerprint density at radius 1 is 1.03 bits per heavy atom. The van der Waals surface area contributed by atoms with E-state index >= 15 is 0 Å². The Balaban J connectivity index is 1.58. The molecular formula is C25H22F5N5O. The van der Waals surface area contributed by atoms with Crippen molar-refractivity contribution >= 4 is 11.4 Å². The molecule has 0 N–H and O–H groups in total. The van der Waals surface area contributed by atoms with Crippen molar-refractivity contribution in [1.29, 1.82) is 0 Å². The van der Waals surface area contributed by atoms with Gasteiger partial charge in [-0.2, -0.15) is 18.3 Å². The van der Waals surface area contributed by atoms with E-state index < -0.39 is 23.5 Å². The van der Waals surface area contributed by atoms with Crippen LogP contribution >= 0.6 is 0 Å². The normalized spacial score (nSPS) is 14.1. The van der Waals surface area contributed by atoms with Crippen LogP contribution in [-0.2, 0) is 19.3 Å². The molecule has 0 radical (unpaired) electrons. The zero-order valence-corrected chi connectivity index (χ0v) is 19.7. The first-order chi connectivity index (χ1) is 17.0. The van der Waals surface area contributed by atoms with Gasteiger partial charge >= 0.3 is 6.18 Å². The summed E-state index contributed by atoms with van der Waals surface area (Å²) in [4.78, 5) is 18.7. The van der Waals surface area contributed by atoms with Crippen LogP contribution < -0.4 is 0 Å². The van der Waals surface area contributed by atoms with Gasteiger partial charge in [-0.15, -0.1) is 0 Å². The first kappa shape index (κ1) is 24.0. The van der Waals surface area contributed by atoms with Crippen molar-refractivity contribution in [1.82, 2.24) is 24.1 Å². The topological polar surface area (TPSA) is 55.4 Å². The minimum absolute atomic E-state index is 0.0751. The highest BCUT2D eigenvalue weighted by Crippen LogP contribution is 2.35. The minimum atomic E-state index is -4.57. The number of hydrogen-bond acceptors (Lipinski definition) is 3. The summed E-state index contributed by atoms with van der Waals surface area (Å²) in [6.45, 7) is 5.69. The molecule has 4 aromatic rings. The molecule has 5 rings (SSSR count). The number of hydrogen-bond donors (Lipinski definition) is 0. The second kappa shape index (κ2) is 8.42. The Morgan fingerprint density at radius 2 is 1.72 bits per heavy atom. The maximum Gasteiger partial charge on any atom is 0.434 e. The maximum atomic E-state index is 14.6. The first-order valence-electron chi connectivity index (χ1n) is 11.4. The summed E-state index contributed by atoms with van der Waals surface area (Å²) >= 11 is 0. The average molecular weight is 503 g/mol. The standard InChI is InChI=1S/C25H22F5N5O/c1-13(2)23-15(24(36)34-10-9-33-11-19(25(28,29)30)31-20(33)12-34)7-8-18-21(14(3)32-35(18)23)22-16(26)5-4-6-17(22)27/h4-8,11,13H,9-10,12H2,1-3H3. The molecule has 0 spiro atoms. The number of fused-ring (bicyclic) bond motifs is 2. The molecule has 1 aromatic carbocycles. The van der Waals surface area contributed by atoms with Gasteiger partial charge < -0.3 is 9.47 Å². The molecule has 0 bridgehead atoms. The number of halogens is 5. The lowest BCUT2D eigenvalue weighted by Crippen LogP contribution is -2.39. The summed E-state index contributed by atoms with van der Waals surface area (Å²) < 4.78 is 71.4. The number of nitrogens with zero attached hydrogens (tertiary/aromatic N) is 5. The van der Waals surface area contributed by atoms with Gasteiger partial charge in [0.1, 0.15) is 17.5 Å². The van der Waals surface area contributed by atoms with Crippen LogP contribution in [0.5, 0.6) is 0 Å². The number of pyridine rings is 1. The van der Waals surface area contributed by atoms with E-state index in [4.69, 9.17) is 0 Å². The lowest BCUT2D eigenvalue weighted by Gasteiger charge is -2.28. The molecule has 0 fully saturated rings.